The highest BCUT2D eigenvalue weighted by atomic mass is 16.7. The first-order valence-electron chi connectivity index (χ1n) is 14.7. The van der Waals surface area contributed by atoms with Crippen LogP contribution >= 0.6 is 0 Å². The van der Waals surface area contributed by atoms with Gasteiger partial charge in [0.1, 0.15) is 24.4 Å². The summed E-state index contributed by atoms with van der Waals surface area (Å²) in [4.78, 5) is 37.3. The largest absolute Gasteiger partial charge is 0.465 e. The normalized spacial score (nSPS) is 44.5. The SMILES string of the molecule is CC(=O)OC[C@@]12[C@@H](OC(C)=O)C[C@@H](C)[C@](C)(C3O[C@@H]4OC[C@@H](OC(=O)c5ccccc5)[C@@H]4[C@@H]3O)[C@H]1CCC[C@]21CO1. The summed E-state index contributed by atoms with van der Waals surface area (Å²) in [6.45, 7) is 7.67. The topological polar surface area (TPSA) is 130 Å². The Kier molecular flexibility index (Phi) is 7.20. The molecule has 11 atom stereocenters. The van der Waals surface area contributed by atoms with Crippen molar-refractivity contribution in [3.63, 3.8) is 0 Å². The number of hydrogen-bond donors (Lipinski definition) is 1. The van der Waals surface area contributed by atoms with Crippen molar-refractivity contribution in [1.82, 2.24) is 0 Å². The number of carbonyl (C=O) groups excluding carboxylic acids is 3. The number of benzene rings is 1. The third-order valence-corrected chi connectivity index (χ3v) is 10.8. The van der Waals surface area contributed by atoms with Gasteiger partial charge in [0.05, 0.1) is 42.3 Å². The summed E-state index contributed by atoms with van der Waals surface area (Å²) in [5.74, 6) is -2.04. The van der Waals surface area contributed by atoms with Crippen molar-refractivity contribution in [2.24, 2.45) is 28.6 Å². The molecule has 1 N–H and O–H groups in total. The zero-order valence-corrected chi connectivity index (χ0v) is 24.1. The van der Waals surface area contributed by atoms with Gasteiger partial charge in [0, 0.05) is 19.3 Å². The molecule has 6 rings (SSSR count). The van der Waals surface area contributed by atoms with Crippen LogP contribution in [0.5, 0.6) is 0 Å². The van der Waals surface area contributed by atoms with Crippen LogP contribution in [0.3, 0.4) is 0 Å². The number of carbonyl (C=O) groups is 3. The minimum Gasteiger partial charge on any atom is -0.465 e. The minimum absolute atomic E-state index is 0.0417. The quantitative estimate of drug-likeness (QED) is 0.308. The van der Waals surface area contributed by atoms with Gasteiger partial charge in [-0.2, -0.15) is 0 Å². The first-order chi connectivity index (χ1) is 19.5. The molecule has 3 aliphatic heterocycles. The number of aliphatic hydroxyl groups is 1. The third kappa shape index (κ3) is 4.40. The van der Waals surface area contributed by atoms with Gasteiger partial charge in [-0.3, -0.25) is 9.59 Å². The van der Waals surface area contributed by atoms with Crippen LogP contribution in [0.15, 0.2) is 30.3 Å². The van der Waals surface area contributed by atoms with Crippen molar-refractivity contribution in [3.05, 3.63) is 35.9 Å². The Morgan fingerprint density at radius 2 is 1.83 bits per heavy atom. The van der Waals surface area contributed by atoms with Gasteiger partial charge < -0.3 is 33.5 Å². The second-order valence-electron chi connectivity index (χ2n) is 12.8. The maximum Gasteiger partial charge on any atom is 0.338 e. The molecule has 0 aromatic heterocycles. The van der Waals surface area contributed by atoms with E-state index in [9.17, 15) is 19.5 Å². The Bertz CT molecular complexity index is 1180. The van der Waals surface area contributed by atoms with Gasteiger partial charge in [-0.1, -0.05) is 38.5 Å². The van der Waals surface area contributed by atoms with E-state index in [1.54, 1.807) is 24.3 Å². The van der Waals surface area contributed by atoms with Crippen LogP contribution in [-0.2, 0) is 38.0 Å². The number of rotatable bonds is 6. The first kappa shape index (κ1) is 28.6. The molecule has 0 radical (unpaired) electrons. The molecule has 10 heteroatoms. The van der Waals surface area contributed by atoms with Crippen LogP contribution in [0.1, 0.15) is 63.7 Å². The second kappa shape index (κ2) is 10.3. The molecule has 1 aromatic rings. The smallest absolute Gasteiger partial charge is 0.338 e. The number of hydrogen-bond acceptors (Lipinski definition) is 10. The number of esters is 3. The number of aliphatic hydroxyl groups excluding tert-OH is 1. The fourth-order valence-corrected chi connectivity index (χ4v) is 8.72. The zero-order valence-electron chi connectivity index (χ0n) is 24.1. The fraction of sp³-hybridized carbons (Fsp3) is 0.710. The van der Waals surface area contributed by atoms with E-state index in [1.165, 1.54) is 13.8 Å². The molecule has 1 unspecified atom stereocenters. The summed E-state index contributed by atoms with van der Waals surface area (Å²) in [5, 5.41) is 11.9. The standard InChI is InChI=1S/C31H40O10/c1-17-13-23(39-19(3)33)31(16-37-18(2)32)22(11-8-12-30(31)15-38-30)29(17,4)26-25(34)24-21(14-36-28(24)41-26)40-27(35)20-9-6-5-7-10-20/h5-7,9-10,17,21-26,28,34H,8,11-16H2,1-4H3/t17-,21-,22-,23+,24-,25+,26?,28+,29+,30+,31+/m1/s1. The molecule has 3 saturated heterocycles. The Labute approximate surface area is 239 Å². The molecule has 41 heavy (non-hydrogen) atoms. The Balaban J connectivity index is 1.33. The summed E-state index contributed by atoms with van der Waals surface area (Å²) < 4.78 is 36.2. The maximum absolute atomic E-state index is 12.9. The predicted molar refractivity (Wildman–Crippen MR) is 142 cm³/mol. The van der Waals surface area contributed by atoms with E-state index >= 15 is 0 Å². The van der Waals surface area contributed by atoms with E-state index in [0.717, 1.165) is 19.3 Å². The van der Waals surface area contributed by atoms with Crippen molar-refractivity contribution in [3.8, 4) is 0 Å². The molecule has 5 fully saturated rings. The summed E-state index contributed by atoms with van der Waals surface area (Å²) in [6, 6.07) is 8.74. The fourth-order valence-electron chi connectivity index (χ4n) is 8.72. The lowest BCUT2D eigenvalue weighted by atomic mass is 9.42. The summed E-state index contributed by atoms with van der Waals surface area (Å²) >= 11 is 0. The molecular weight excluding hydrogens is 532 g/mol. The Morgan fingerprint density at radius 3 is 2.49 bits per heavy atom. The van der Waals surface area contributed by atoms with Gasteiger partial charge in [0.15, 0.2) is 6.29 Å². The van der Waals surface area contributed by atoms with Crippen molar-refractivity contribution in [1.29, 1.82) is 0 Å². The van der Waals surface area contributed by atoms with Crippen LogP contribution in [0.2, 0.25) is 0 Å². The van der Waals surface area contributed by atoms with Crippen LogP contribution < -0.4 is 0 Å². The van der Waals surface area contributed by atoms with Gasteiger partial charge in [0.2, 0.25) is 0 Å². The third-order valence-electron chi connectivity index (χ3n) is 10.8. The number of fused-ring (bicyclic) bond motifs is 3. The lowest BCUT2D eigenvalue weighted by Crippen LogP contribution is -2.70. The molecule has 3 heterocycles. The van der Waals surface area contributed by atoms with Crippen molar-refractivity contribution in [2.45, 2.75) is 89.7 Å². The van der Waals surface area contributed by atoms with E-state index in [4.69, 9.17) is 28.4 Å². The molecule has 224 valence electrons. The van der Waals surface area contributed by atoms with E-state index < -0.39 is 71.0 Å². The maximum atomic E-state index is 12.9. The van der Waals surface area contributed by atoms with E-state index in [-0.39, 0.29) is 25.0 Å². The van der Waals surface area contributed by atoms with Gasteiger partial charge in [-0.15, -0.1) is 0 Å². The van der Waals surface area contributed by atoms with Gasteiger partial charge in [-0.25, -0.2) is 4.79 Å². The van der Waals surface area contributed by atoms with Crippen molar-refractivity contribution < 1.29 is 47.9 Å². The molecule has 5 aliphatic rings. The Hall–Kier alpha value is -2.53. The Morgan fingerprint density at radius 1 is 1.10 bits per heavy atom. The summed E-state index contributed by atoms with van der Waals surface area (Å²) in [5.41, 5.74) is -1.59. The molecule has 0 bridgehead atoms. The highest BCUT2D eigenvalue weighted by Crippen LogP contribution is 2.70. The van der Waals surface area contributed by atoms with Crippen LogP contribution in [-0.4, -0.2) is 79.1 Å². The van der Waals surface area contributed by atoms with Crippen LogP contribution in [0.4, 0.5) is 0 Å². The summed E-state index contributed by atoms with van der Waals surface area (Å²) in [6.07, 6.45) is -0.635. The lowest BCUT2D eigenvalue weighted by molar-refractivity contribution is -0.261. The number of epoxide rings is 1. The van der Waals surface area contributed by atoms with Crippen molar-refractivity contribution in [2.75, 3.05) is 19.8 Å². The second-order valence-corrected chi connectivity index (χ2v) is 12.8. The zero-order chi connectivity index (χ0) is 29.2. The highest BCUT2D eigenvalue weighted by molar-refractivity contribution is 5.89. The molecule has 1 spiro atoms. The molecule has 2 aliphatic carbocycles. The highest BCUT2D eigenvalue weighted by Gasteiger charge is 2.77. The van der Waals surface area contributed by atoms with Crippen LogP contribution in [0, 0.1) is 28.6 Å². The van der Waals surface area contributed by atoms with Crippen molar-refractivity contribution >= 4 is 17.9 Å². The van der Waals surface area contributed by atoms with E-state index in [2.05, 4.69) is 13.8 Å². The monoisotopic (exact) mass is 572 g/mol. The molecule has 0 amide bonds. The molecule has 1 aromatic carbocycles. The van der Waals surface area contributed by atoms with Gasteiger partial charge >= 0.3 is 17.9 Å². The molecule has 10 nitrogen and oxygen atoms in total. The molecule has 2 saturated carbocycles. The van der Waals surface area contributed by atoms with Crippen LogP contribution in [0.25, 0.3) is 0 Å². The lowest BCUT2D eigenvalue weighted by Gasteiger charge is -2.64. The predicted octanol–water partition coefficient (Wildman–Crippen LogP) is 3.04. The average molecular weight is 573 g/mol. The summed E-state index contributed by atoms with van der Waals surface area (Å²) in [7, 11) is 0. The molecular formula is C31H40O10. The minimum atomic E-state index is -0.974. The number of ether oxygens (including phenoxy) is 6. The van der Waals surface area contributed by atoms with Gasteiger partial charge in [0.25, 0.3) is 0 Å². The first-order valence-corrected chi connectivity index (χ1v) is 14.7. The van der Waals surface area contributed by atoms with E-state index in [0.29, 0.717) is 18.6 Å². The average Bonchev–Trinajstić information content (AvgIpc) is 3.48. The van der Waals surface area contributed by atoms with E-state index in [1.807, 2.05) is 6.07 Å². The van der Waals surface area contributed by atoms with Gasteiger partial charge in [-0.05, 0) is 43.2 Å².